The molecule has 0 radical (unpaired) electrons. The van der Waals surface area contributed by atoms with Crippen LogP contribution in [0.25, 0.3) is 0 Å². The van der Waals surface area contributed by atoms with Gasteiger partial charge in [-0.3, -0.25) is 10.1 Å². The van der Waals surface area contributed by atoms with Gasteiger partial charge in [-0.2, -0.15) is 0 Å². The Labute approximate surface area is 79.2 Å². The van der Waals surface area contributed by atoms with E-state index in [0.717, 1.165) is 0 Å². The van der Waals surface area contributed by atoms with Crippen molar-refractivity contribution in [3.05, 3.63) is 10.1 Å². The van der Waals surface area contributed by atoms with Gasteiger partial charge >= 0.3 is 0 Å². The van der Waals surface area contributed by atoms with E-state index in [4.69, 9.17) is 25.5 Å². The van der Waals surface area contributed by atoms with Gasteiger partial charge in [-0.25, -0.2) is 0 Å². The number of rotatable bonds is 6. The van der Waals surface area contributed by atoms with E-state index in [0.29, 0.717) is 0 Å². The summed E-state index contributed by atoms with van der Waals surface area (Å²) in [4.78, 5) is 9.05. The molecule has 0 aliphatic carbocycles. The second kappa shape index (κ2) is 5.83. The summed E-state index contributed by atoms with van der Waals surface area (Å²) >= 11 is 0. The molecule has 0 aromatic rings. The van der Waals surface area contributed by atoms with Crippen molar-refractivity contribution in [3.8, 4) is 0 Å². The van der Waals surface area contributed by atoms with Gasteiger partial charge in [0.05, 0.1) is 6.61 Å². The Balaban J connectivity index is 4.15. The fourth-order valence-electron chi connectivity index (χ4n) is 0.824. The van der Waals surface area contributed by atoms with Crippen LogP contribution in [0.2, 0.25) is 0 Å². The fourth-order valence-corrected chi connectivity index (χ4v) is 0.824. The van der Waals surface area contributed by atoms with Crippen molar-refractivity contribution in [2.45, 2.75) is 24.4 Å². The van der Waals surface area contributed by atoms with Crippen LogP contribution in [-0.4, -0.2) is 68.0 Å². The van der Waals surface area contributed by atoms with E-state index in [1.807, 2.05) is 0 Å². The summed E-state index contributed by atoms with van der Waals surface area (Å²) in [6, 6.07) is 0. The van der Waals surface area contributed by atoms with Crippen molar-refractivity contribution in [2.75, 3.05) is 13.2 Å². The van der Waals surface area contributed by atoms with Crippen molar-refractivity contribution >= 4 is 0 Å². The third kappa shape index (κ3) is 3.94. The van der Waals surface area contributed by atoms with Crippen LogP contribution in [0.1, 0.15) is 0 Å². The molecule has 0 aromatic carbocycles. The van der Waals surface area contributed by atoms with Gasteiger partial charge in [0.1, 0.15) is 24.4 Å². The first-order valence-electron chi connectivity index (χ1n) is 3.85. The Hall–Kier alpha value is -0.800. The molecule has 84 valence electrons. The molecule has 0 saturated carbocycles. The van der Waals surface area contributed by atoms with Crippen molar-refractivity contribution in [3.63, 3.8) is 0 Å². The smallest absolute Gasteiger partial charge is 0.232 e. The highest BCUT2D eigenvalue weighted by Gasteiger charge is 2.32. The largest absolute Gasteiger partial charge is 0.394 e. The molecule has 4 atom stereocenters. The van der Waals surface area contributed by atoms with Gasteiger partial charge in [0.25, 0.3) is 0 Å². The zero-order valence-electron chi connectivity index (χ0n) is 7.22. The molecule has 14 heavy (non-hydrogen) atoms. The average Bonchev–Trinajstić information content (AvgIpc) is 2.13. The number of aliphatic hydroxyl groups is 5. The molecular formula is C6H13NO7. The highest BCUT2D eigenvalue weighted by atomic mass is 16.6. The lowest BCUT2D eigenvalue weighted by molar-refractivity contribution is -0.493. The predicted molar refractivity (Wildman–Crippen MR) is 43.0 cm³/mol. The van der Waals surface area contributed by atoms with Crippen LogP contribution in [0.4, 0.5) is 0 Å². The molecular weight excluding hydrogens is 198 g/mol. The number of nitrogens with zero attached hydrogens (tertiary/aromatic N) is 1. The van der Waals surface area contributed by atoms with Crippen LogP contribution < -0.4 is 0 Å². The monoisotopic (exact) mass is 211 g/mol. The van der Waals surface area contributed by atoms with E-state index in [-0.39, 0.29) is 0 Å². The molecule has 0 bridgehead atoms. The third-order valence-corrected chi connectivity index (χ3v) is 1.66. The van der Waals surface area contributed by atoms with E-state index in [1.54, 1.807) is 0 Å². The molecule has 0 amide bonds. The maximum absolute atomic E-state index is 9.92. The van der Waals surface area contributed by atoms with Crippen molar-refractivity contribution in [2.24, 2.45) is 0 Å². The van der Waals surface area contributed by atoms with Crippen LogP contribution >= 0.6 is 0 Å². The standard InChI is InChI=1S/C6H13NO7/c8-2-4(10)6(12)5(11)3(9)1-7(13)14/h3-6,8-12H,1-2H2/t3-,4-,5-,6+/m1/s1. The first-order chi connectivity index (χ1) is 6.40. The van der Waals surface area contributed by atoms with Gasteiger partial charge in [-0.15, -0.1) is 0 Å². The van der Waals surface area contributed by atoms with Gasteiger partial charge < -0.3 is 25.5 Å². The van der Waals surface area contributed by atoms with Crippen LogP contribution in [0.5, 0.6) is 0 Å². The minimum Gasteiger partial charge on any atom is -0.394 e. The van der Waals surface area contributed by atoms with Crippen LogP contribution in [0.15, 0.2) is 0 Å². The Bertz CT molecular complexity index is 187. The summed E-state index contributed by atoms with van der Waals surface area (Å²) < 4.78 is 0. The lowest BCUT2D eigenvalue weighted by atomic mass is 10.0. The molecule has 0 spiro atoms. The van der Waals surface area contributed by atoms with Gasteiger partial charge in [0, 0.05) is 4.92 Å². The summed E-state index contributed by atoms with van der Waals surface area (Å²) in [5, 5.41) is 54.2. The zero-order valence-corrected chi connectivity index (χ0v) is 7.22. The number of hydrogen-bond donors (Lipinski definition) is 5. The summed E-state index contributed by atoms with van der Waals surface area (Å²) in [5.74, 6) is 0. The molecule has 0 heterocycles. The van der Waals surface area contributed by atoms with Gasteiger partial charge in [-0.05, 0) is 0 Å². The first kappa shape index (κ1) is 13.2. The maximum atomic E-state index is 9.92. The molecule has 0 rings (SSSR count). The topological polar surface area (TPSA) is 144 Å². The Morgan fingerprint density at radius 1 is 1.07 bits per heavy atom. The second-order valence-electron chi connectivity index (χ2n) is 2.81. The Morgan fingerprint density at radius 3 is 1.86 bits per heavy atom. The quantitative estimate of drug-likeness (QED) is 0.228. The lowest BCUT2D eigenvalue weighted by Gasteiger charge is -2.23. The normalized spacial score (nSPS) is 19.8. The van der Waals surface area contributed by atoms with Gasteiger partial charge in [0.2, 0.25) is 6.54 Å². The highest BCUT2D eigenvalue weighted by Crippen LogP contribution is 2.05. The molecule has 8 heteroatoms. The van der Waals surface area contributed by atoms with E-state index >= 15 is 0 Å². The molecule has 0 aromatic heterocycles. The highest BCUT2D eigenvalue weighted by molar-refractivity contribution is 4.79. The van der Waals surface area contributed by atoms with E-state index in [1.165, 1.54) is 0 Å². The van der Waals surface area contributed by atoms with Crippen LogP contribution in [0, 0.1) is 10.1 Å². The first-order valence-corrected chi connectivity index (χ1v) is 3.85. The molecule has 8 nitrogen and oxygen atoms in total. The number of aliphatic hydroxyl groups excluding tert-OH is 5. The zero-order chi connectivity index (χ0) is 11.3. The van der Waals surface area contributed by atoms with Crippen molar-refractivity contribution in [1.82, 2.24) is 0 Å². The number of nitro groups is 1. The molecule has 0 unspecified atom stereocenters. The lowest BCUT2D eigenvalue weighted by Crippen LogP contribution is -2.47. The minimum absolute atomic E-state index is 0.816. The molecule has 0 fully saturated rings. The van der Waals surface area contributed by atoms with Crippen molar-refractivity contribution in [1.29, 1.82) is 0 Å². The van der Waals surface area contributed by atoms with E-state index in [2.05, 4.69) is 0 Å². The average molecular weight is 211 g/mol. The molecule has 5 N–H and O–H groups in total. The minimum atomic E-state index is -1.87. The summed E-state index contributed by atoms with van der Waals surface area (Å²) in [6.45, 7) is -1.76. The Morgan fingerprint density at radius 2 is 1.50 bits per heavy atom. The third-order valence-electron chi connectivity index (χ3n) is 1.66. The van der Waals surface area contributed by atoms with Crippen molar-refractivity contribution < 1.29 is 30.5 Å². The summed E-state index contributed by atoms with van der Waals surface area (Å²) in [7, 11) is 0. The maximum Gasteiger partial charge on any atom is 0.232 e. The summed E-state index contributed by atoms with van der Waals surface area (Å²) in [6.07, 6.45) is -7.13. The van der Waals surface area contributed by atoms with E-state index < -0.39 is 42.5 Å². The second-order valence-corrected chi connectivity index (χ2v) is 2.81. The SMILES string of the molecule is O=[N+]([O-])C[C@@H](O)[C@@H](O)[C@@H](O)[C@H](O)CO. The predicted octanol–water partition coefficient (Wildman–Crippen LogP) is -3.30. The fraction of sp³-hybridized carbons (Fsp3) is 1.00. The summed E-state index contributed by atoms with van der Waals surface area (Å²) in [5.41, 5.74) is 0. The Kier molecular flexibility index (Phi) is 5.50. The van der Waals surface area contributed by atoms with Crippen LogP contribution in [-0.2, 0) is 0 Å². The molecule has 0 aliphatic heterocycles. The van der Waals surface area contributed by atoms with Gasteiger partial charge in [-0.1, -0.05) is 0 Å². The van der Waals surface area contributed by atoms with E-state index in [9.17, 15) is 10.1 Å². The molecule has 0 aliphatic rings. The van der Waals surface area contributed by atoms with Crippen LogP contribution in [0.3, 0.4) is 0 Å². The molecule has 0 saturated heterocycles. The van der Waals surface area contributed by atoms with Gasteiger partial charge in [0.15, 0.2) is 0 Å². The number of hydrogen-bond acceptors (Lipinski definition) is 7.